The van der Waals surface area contributed by atoms with Crippen LogP contribution < -0.4 is 15.4 Å². The summed E-state index contributed by atoms with van der Waals surface area (Å²) in [6.07, 6.45) is 10.9. The van der Waals surface area contributed by atoms with Crippen molar-refractivity contribution in [2.75, 3.05) is 46.5 Å². The van der Waals surface area contributed by atoms with Crippen molar-refractivity contribution >= 4 is 29.9 Å². The van der Waals surface area contributed by atoms with Crippen molar-refractivity contribution in [3.05, 3.63) is 41.5 Å². The van der Waals surface area contributed by atoms with Crippen molar-refractivity contribution in [2.45, 2.75) is 64.5 Å². The summed E-state index contributed by atoms with van der Waals surface area (Å²) in [7, 11) is 2.19. The Bertz CT molecular complexity index is 735. The Morgan fingerprint density at radius 1 is 1.21 bits per heavy atom. The van der Waals surface area contributed by atoms with Crippen LogP contribution in [0.25, 0.3) is 0 Å². The summed E-state index contributed by atoms with van der Waals surface area (Å²) >= 11 is 0. The van der Waals surface area contributed by atoms with Crippen LogP contribution in [0.4, 0.5) is 0 Å². The molecule has 3 rings (SSSR count). The zero-order valence-corrected chi connectivity index (χ0v) is 22.8. The van der Waals surface area contributed by atoms with E-state index in [0.717, 1.165) is 69.4 Å². The predicted molar refractivity (Wildman–Crippen MR) is 148 cm³/mol. The average molecular weight is 571 g/mol. The highest BCUT2D eigenvalue weighted by atomic mass is 127. The van der Waals surface area contributed by atoms with E-state index < -0.39 is 0 Å². The van der Waals surface area contributed by atoms with E-state index in [9.17, 15) is 0 Å². The molecule has 1 saturated heterocycles. The second-order valence-corrected chi connectivity index (χ2v) is 8.80. The van der Waals surface area contributed by atoms with E-state index in [4.69, 9.17) is 14.5 Å². The summed E-state index contributed by atoms with van der Waals surface area (Å²) in [5, 5.41) is 6.84. The lowest BCUT2D eigenvalue weighted by atomic mass is 9.97. The van der Waals surface area contributed by atoms with Crippen molar-refractivity contribution < 1.29 is 9.47 Å². The van der Waals surface area contributed by atoms with Gasteiger partial charge in [-0.3, -0.25) is 4.90 Å². The number of ether oxygens (including phenoxy) is 2. The van der Waals surface area contributed by atoms with E-state index >= 15 is 0 Å². The van der Waals surface area contributed by atoms with Gasteiger partial charge < -0.3 is 20.1 Å². The van der Waals surface area contributed by atoms with E-state index in [1.165, 1.54) is 25.7 Å². The van der Waals surface area contributed by atoms with Crippen LogP contribution >= 0.6 is 24.0 Å². The summed E-state index contributed by atoms with van der Waals surface area (Å²) in [6.45, 7) is 7.91. The standard InChI is InChI=1S/C26H42N4O2.HI/c1-3-27-26(28-15-12-22-8-5-4-6-9-22)29-21-23-10-7-11-25(20-23)32-19-16-30(2)24-13-17-31-18-14-24;/h7-8,10-11,20,24H,3-6,9,12-19,21H2,1-2H3,(H2,27,28,29);1H. The van der Waals surface area contributed by atoms with Crippen LogP contribution in [0.3, 0.4) is 0 Å². The van der Waals surface area contributed by atoms with Gasteiger partial charge in [0.05, 0.1) is 6.54 Å². The maximum Gasteiger partial charge on any atom is 0.191 e. The maximum atomic E-state index is 6.04. The van der Waals surface area contributed by atoms with Gasteiger partial charge in [-0.15, -0.1) is 24.0 Å². The van der Waals surface area contributed by atoms with Crippen LogP contribution in [-0.2, 0) is 11.3 Å². The van der Waals surface area contributed by atoms with E-state index in [-0.39, 0.29) is 24.0 Å². The number of rotatable bonds is 11. The van der Waals surface area contributed by atoms with E-state index in [0.29, 0.717) is 19.2 Å². The molecule has 2 aliphatic rings. The van der Waals surface area contributed by atoms with Crippen LogP contribution in [0.5, 0.6) is 5.75 Å². The number of benzene rings is 1. The fourth-order valence-electron chi connectivity index (χ4n) is 4.33. The number of hydrogen-bond acceptors (Lipinski definition) is 4. The van der Waals surface area contributed by atoms with Gasteiger partial charge in [0.1, 0.15) is 12.4 Å². The Balaban J connectivity index is 0.00000385. The Labute approximate surface area is 217 Å². The van der Waals surface area contributed by atoms with Gasteiger partial charge in [-0.1, -0.05) is 23.8 Å². The van der Waals surface area contributed by atoms with Gasteiger partial charge in [0.2, 0.25) is 0 Å². The van der Waals surface area contributed by atoms with Crippen LogP contribution in [0.2, 0.25) is 0 Å². The minimum Gasteiger partial charge on any atom is -0.492 e. The fourth-order valence-corrected chi connectivity index (χ4v) is 4.33. The molecule has 1 fully saturated rings. The topological polar surface area (TPSA) is 58.1 Å². The molecule has 0 amide bonds. The molecule has 186 valence electrons. The Morgan fingerprint density at radius 2 is 2.06 bits per heavy atom. The summed E-state index contributed by atoms with van der Waals surface area (Å²) in [4.78, 5) is 7.17. The first-order valence-electron chi connectivity index (χ1n) is 12.4. The van der Waals surface area contributed by atoms with Crippen molar-refractivity contribution in [3.8, 4) is 5.75 Å². The highest BCUT2D eigenvalue weighted by Gasteiger charge is 2.18. The van der Waals surface area contributed by atoms with Gasteiger partial charge in [0.25, 0.3) is 0 Å². The third kappa shape index (κ3) is 10.6. The minimum atomic E-state index is 0. The van der Waals surface area contributed by atoms with Crippen molar-refractivity contribution in [2.24, 2.45) is 4.99 Å². The van der Waals surface area contributed by atoms with Gasteiger partial charge in [0.15, 0.2) is 5.96 Å². The average Bonchev–Trinajstić information content (AvgIpc) is 2.84. The monoisotopic (exact) mass is 570 g/mol. The Morgan fingerprint density at radius 3 is 2.82 bits per heavy atom. The second kappa shape index (κ2) is 16.3. The zero-order valence-electron chi connectivity index (χ0n) is 20.5. The summed E-state index contributed by atoms with van der Waals surface area (Å²) in [5.41, 5.74) is 2.75. The highest BCUT2D eigenvalue weighted by Crippen LogP contribution is 2.19. The molecule has 6 nitrogen and oxygen atoms in total. The quantitative estimate of drug-likeness (QED) is 0.174. The molecule has 1 aromatic carbocycles. The van der Waals surface area contributed by atoms with Crippen molar-refractivity contribution in [1.82, 2.24) is 15.5 Å². The molecular formula is C26H43IN4O2. The van der Waals surface area contributed by atoms with Gasteiger partial charge >= 0.3 is 0 Å². The van der Waals surface area contributed by atoms with Gasteiger partial charge in [-0.25, -0.2) is 4.99 Å². The van der Waals surface area contributed by atoms with Crippen LogP contribution in [0.15, 0.2) is 40.9 Å². The molecule has 1 aliphatic heterocycles. The number of aliphatic imine (C=N–C) groups is 1. The summed E-state index contributed by atoms with van der Waals surface area (Å²) in [6, 6.07) is 8.91. The van der Waals surface area contributed by atoms with Gasteiger partial charge in [0, 0.05) is 38.9 Å². The third-order valence-corrected chi connectivity index (χ3v) is 6.31. The predicted octanol–water partition coefficient (Wildman–Crippen LogP) is 4.74. The molecule has 33 heavy (non-hydrogen) atoms. The minimum absolute atomic E-state index is 0. The molecule has 0 radical (unpaired) electrons. The van der Waals surface area contributed by atoms with E-state index in [1.807, 2.05) is 6.07 Å². The van der Waals surface area contributed by atoms with Crippen LogP contribution in [0, 0.1) is 0 Å². The molecule has 7 heteroatoms. The molecule has 0 unspecified atom stereocenters. The van der Waals surface area contributed by atoms with E-state index in [2.05, 4.69) is 53.8 Å². The van der Waals surface area contributed by atoms with Gasteiger partial charge in [-0.05, 0) is 76.6 Å². The number of likely N-dealkylation sites (N-methyl/N-ethyl adjacent to an activating group) is 1. The molecule has 0 spiro atoms. The number of nitrogens with one attached hydrogen (secondary N) is 2. The molecule has 2 N–H and O–H groups in total. The van der Waals surface area contributed by atoms with Crippen LogP contribution in [-0.4, -0.2) is 63.4 Å². The Hall–Kier alpha value is -1.32. The lowest BCUT2D eigenvalue weighted by molar-refractivity contribution is 0.0392. The lowest BCUT2D eigenvalue weighted by Crippen LogP contribution is -2.38. The lowest BCUT2D eigenvalue weighted by Gasteiger charge is -2.31. The largest absolute Gasteiger partial charge is 0.492 e. The SMILES string of the molecule is CCNC(=NCc1cccc(OCCN(C)C2CCOCC2)c1)NCCC1=CCCCC1.I. The summed E-state index contributed by atoms with van der Waals surface area (Å²) < 4.78 is 11.5. The third-order valence-electron chi connectivity index (χ3n) is 6.31. The number of halogens is 1. The maximum absolute atomic E-state index is 6.04. The molecule has 1 aromatic rings. The molecule has 0 atom stereocenters. The second-order valence-electron chi connectivity index (χ2n) is 8.80. The number of allylic oxidation sites excluding steroid dienone is 1. The van der Waals surface area contributed by atoms with E-state index in [1.54, 1.807) is 5.57 Å². The molecular weight excluding hydrogens is 527 g/mol. The zero-order chi connectivity index (χ0) is 22.4. The highest BCUT2D eigenvalue weighted by molar-refractivity contribution is 14.0. The molecule has 1 heterocycles. The number of hydrogen-bond donors (Lipinski definition) is 2. The number of nitrogens with zero attached hydrogens (tertiary/aromatic N) is 2. The molecule has 0 bridgehead atoms. The fraction of sp³-hybridized carbons (Fsp3) is 0.654. The van der Waals surface area contributed by atoms with Crippen LogP contribution in [0.1, 0.15) is 57.4 Å². The first-order chi connectivity index (χ1) is 15.7. The smallest absolute Gasteiger partial charge is 0.191 e. The molecule has 1 aliphatic carbocycles. The van der Waals surface area contributed by atoms with Gasteiger partial charge in [-0.2, -0.15) is 0 Å². The molecule has 0 saturated carbocycles. The van der Waals surface area contributed by atoms with Crippen molar-refractivity contribution in [1.29, 1.82) is 0 Å². The Kier molecular flexibility index (Phi) is 13.8. The normalized spacial score (nSPS) is 17.3. The summed E-state index contributed by atoms with van der Waals surface area (Å²) in [5.74, 6) is 1.80. The molecule has 0 aromatic heterocycles. The number of guanidine groups is 1. The first-order valence-corrected chi connectivity index (χ1v) is 12.4. The van der Waals surface area contributed by atoms with Crippen molar-refractivity contribution in [3.63, 3.8) is 0 Å². The first kappa shape index (κ1) is 27.9.